The lowest BCUT2D eigenvalue weighted by molar-refractivity contribution is -0.0382. The Kier molecular flexibility index (Phi) is 7.80. The number of aromatic nitrogens is 3. The molecule has 0 amide bonds. The summed E-state index contributed by atoms with van der Waals surface area (Å²) in [6.45, 7) is 7.14. The number of hydrogen-bond donors (Lipinski definition) is 3. The third kappa shape index (κ3) is 5.88. The molecule has 0 saturated carbocycles. The number of primary sulfonamides is 1. The van der Waals surface area contributed by atoms with E-state index in [4.69, 9.17) is 9.88 Å². The molecule has 0 aliphatic carbocycles. The van der Waals surface area contributed by atoms with Gasteiger partial charge >= 0.3 is 0 Å². The van der Waals surface area contributed by atoms with Crippen LogP contribution in [0.4, 0.5) is 4.39 Å². The van der Waals surface area contributed by atoms with Gasteiger partial charge in [0.25, 0.3) is 0 Å². The minimum Gasteiger partial charge on any atom is -0.475 e. The number of aliphatic hydroxyl groups excluding tert-OH is 1. The first-order valence-electron chi connectivity index (χ1n) is 11.0. The molecule has 2 aromatic heterocycles. The van der Waals surface area contributed by atoms with Gasteiger partial charge in [-0.05, 0) is 54.2 Å². The number of benzene rings is 1. The maximum Gasteiger partial charge on any atom is 0.241 e. The zero-order valence-electron chi connectivity index (χ0n) is 20.3. The zero-order valence-corrected chi connectivity index (χ0v) is 21.1. The molecule has 0 spiro atoms. The van der Waals surface area contributed by atoms with Crippen molar-refractivity contribution in [2.75, 3.05) is 6.61 Å². The molecule has 0 aliphatic heterocycles. The molecule has 3 rings (SSSR count). The van der Waals surface area contributed by atoms with Crippen LogP contribution in [0.5, 0.6) is 5.88 Å². The first-order chi connectivity index (χ1) is 16.7. The number of nitrogens with two attached hydrogens (primary N) is 1. The van der Waals surface area contributed by atoms with Gasteiger partial charge in [0.2, 0.25) is 15.9 Å². The van der Waals surface area contributed by atoms with Crippen LogP contribution in [0.1, 0.15) is 50.3 Å². The SMILES string of the molecule is CC(C)c1c(F)c(C#N)cc(-c2ccnc(OCC(C)(C)n3cc(S(N)(=O)=O)cn3)c2)c1CC(O)O. The molecule has 0 radical (unpaired) electrons. The fourth-order valence-electron chi connectivity index (χ4n) is 3.82. The van der Waals surface area contributed by atoms with E-state index in [1.165, 1.54) is 23.1 Å². The van der Waals surface area contributed by atoms with Crippen LogP contribution in [-0.2, 0) is 22.0 Å². The van der Waals surface area contributed by atoms with Crippen molar-refractivity contribution in [2.45, 2.75) is 56.8 Å². The molecule has 3 aromatic rings. The van der Waals surface area contributed by atoms with Crippen LogP contribution < -0.4 is 9.88 Å². The third-order valence-corrected chi connectivity index (χ3v) is 6.49. The molecule has 0 fully saturated rings. The second kappa shape index (κ2) is 10.3. The van der Waals surface area contributed by atoms with Crippen LogP contribution in [0.3, 0.4) is 0 Å². The minimum absolute atomic E-state index is 0.0571. The van der Waals surface area contributed by atoms with Crippen molar-refractivity contribution in [1.82, 2.24) is 14.8 Å². The lowest BCUT2D eigenvalue weighted by atomic mass is 9.86. The van der Waals surface area contributed by atoms with E-state index in [0.717, 1.165) is 6.20 Å². The molecule has 10 nitrogen and oxygen atoms in total. The molecule has 192 valence electrons. The maximum atomic E-state index is 15.0. The highest BCUT2D eigenvalue weighted by atomic mass is 32.2. The largest absolute Gasteiger partial charge is 0.475 e. The van der Waals surface area contributed by atoms with E-state index in [1.54, 1.807) is 39.8 Å². The molecular weight excluding hydrogens is 489 g/mol. The van der Waals surface area contributed by atoms with E-state index in [1.807, 2.05) is 6.07 Å². The molecule has 0 saturated heterocycles. The third-order valence-electron chi connectivity index (χ3n) is 5.62. The molecule has 1 aromatic carbocycles. The molecule has 2 heterocycles. The highest BCUT2D eigenvalue weighted by molar-refractivity contribution is 7.89. The van der Waals surface area contributed by atoms with Gasteiger partial charge in [-0.15, -0.1) is 0 Å². The first kappa shape index (κ1) is 27.2. The van der Waals surface area contributed by atoms with Crippen molar-refractivity contribution in [1.29, 1.82) is 5.26 Å². The molecule has 0 aliphatic rings. The Bertz CT molecular complexity index is 1410. The Morgan fingerprint density at radius 3 is 2.56 bits per heavy atom. The summed E-state index contributed by atoms with van der Waals surface area (Å²) in [5.41, 5.74) is 0.683. The monoisotopic (exact) mass is 517 g/mol. The summed E-state index contributed by atoms with van der Waals surface area (Å²) in [5.74, 6) is -0.790. The second-order valence-corrected chi connectivity index (χ2v) is 10.8. The fraction of sp³-hybridized carbons (Fsp3) is 0.375. The summed E-state index contributed by atoms with van der Waals surface area (Å²) in [7, 11) is -3.90. The van der Waals surface area contributed by atoms with Crippen LogP contribution in [-0.4, -0.2) is 46.3 Å². The van der Waals surface area contributed by atoms with E-state index in [0.29, 0.717) is 16.7 Å². The van der Waals surface area contributed by atoms with Gasteiger partial charge in [0, 0.05) is 24.9 Å². The summed E-state index contributed by atoms with van der Waals surface area (Å²) in [6, 6.07) is 6.49. The molecule has 0 atom stereocenters. The predicted octanol–water partition coefficient (Wildman–Crippen LogP) is 2.39. The van der Waals surface area contributed by atoms with Crippen LogP contribution in [0.25, 0.3) is 11.1 Å². The Labute approximate surface area is 208 Å². The molecule has 0 unspecified atom stereocenters. The molecule has 12 heteroatoms. The standard InChI is InChI=1S/C24H28FN5O5S/c1-14(2)22-19(9-21(31)32)18(7-16(10-26)23(22)25)15-5-6-28-20(8-15)35-13-24(3,4)30-12-17(11-29-30)36(27,33)34/h5-8,11-12,14,21,31-32H,9,13H2,1-4H3,(H2,27,33,34). The van der Waals surface area contributed by atoms with Gasteiger partial charge in [-0.3, -0.25) is 4.68 Å². The zero-order chi connectivity index (χ0) is 26.8. The topological polar surface area (TPSA) is 164 Å². The number of pyridine rings is 1. The van der Waals surface area contributed by atoms with Crippen molar-refractivity contribution >= 4 is 10.0 Å². The number of nitrogens with zero attached hydrogens (tertiary/aromatic N) is 4. The normalized spacial score (nSPS) is 12.2. The maximum absolute atomic E-state index is 15.0. The van der Waals surface area contributed by atoms with Crippen LogP contribution in [0, 0.1) is 17.1 Å². The van der Waals surface area contributed by atoms with E-state index in [9.17, 15) is 23.9 Å². The van der Waals surface area contributed by atoms with Gasteiger partial charge in [-0.25, -0.2) is 22.9 Å². The Balaban J connectivity index is 1.98. The quantitative estimate of drug-likeness (QED) is 0.364. The highest BCUT2D eigenvalue weighted by Gasteiger charge is 2.26. The summed E-state index contributed by atoms with van der Waals surface area (Å²) >= 11 is 0. The summed E-state index contributed by atoms with van der Waals surface area (Å²) in [5, 5.41) is 38.0. The average molecular weight is 518 g/mol. The lowest BCUT2D eigenvalue weighted by Gasteiger charge is -2.25. The Morgan fingerprint density at radius 2 is 2.00 bits per heavy atom. The van der Waals surface area contributed by atoms with E-state index >= 15 is 4.39 Å². The first-order valence-corrected chi connectivity index (χ1v) is 12.6. The number of sulfonamides is 1. The van der Waals surface area contributed by atoms with E-state index in [2.05, 4.69) is 10.1 Å². The predicted molar refractivity (Wildman–Crippen MR) is 129 cm³/mol. The molecule has 4 N–H and O–H groups in total. The van der Waals surface area contributed by atoms with Crippen molar-refractivity contribution in [3.8, 4) is 23.1 Å². The van der Waals surface area contributed by atoms with Gasteiger partial charge in [-0.2, -0.15) is 10.4 Å². The van der Waals surface area contributed by atoms with E-state index < -0.39 is 27.7 Å². The summed E-state index contributed by atoms with van der Waals surface area (Å²) < 4.78 is 45.4. The van der Waals surface area contributed by atoms with Gasteiger partial charge in [-0.1, -0.05) is 13.8 Å². The highest BCUT2D eigenvalue weighted by Crippen LogP contribution is 2.36. The van der Waals surface area contributed by atoms with Crippen LogP contribution in [0.2, 0.25) is 0 Å². The van der Waals surface area contributed by atoms with Crippen molar-refractivity contribution in [3.63, 3.8) is 0 Å². The number of nitriles is 1. The van der Waals surface area contributed by atoms with Gasteiger partial charge in [0.05, 0.1) is 17.3 Å². The number of halogens is 1. The molecule has 36 heavy (non-hydrogen) atoms. The number of aliphatic hydroxyl groups is 2. The number of ether oxygens (including phenoxy) is 1. The number of rotatable bonds is 9. The van der Waals surface area contributed by atoms with Crippen molar-refractivity contribution < 1.29 is 27.8 Å². The summed E-state index contributed by atoms with van der Waals surface area (Å²) in [4.78, 5) is 4.08. The van der Waals surface area contributed by atoms with E-state index in [-0.39, 0.29) is 40.8 Å². The second-order valence-electron chi connectivity index (χ2n) is 9.28. The minimum atomic E-state index is -3.90. The smallest absolute Gasteiger partial charge is 0.241 e. The number of hydrogen-bond acceptors (Lipinski definition) is 8. The van der Waals surface area contributed by atoms with Gasteiger partial charge in [0.1, 0.15) is 23.4 Å². The summed E-state index contributed by atoms with van der Waals surface area (Å²) in [6.07, 6.45) is 1.99. The van der Waals surface area contributed by atoms with Crippen LogP contribution >= 0.6 is 0 Å². The Morgan fingerprint density at radius 1 is 1.31 bits per heavy atom. The van der Waals surface area contributed by atoms with Gasteiger partial charge in [0.15, 0.2) is 6.29 Å². The lowest BCUT2D eigenvalue weighted by Crippen LogP contribution is -2.34. The van der Waals surface area contributed by atoms with Gasteiger partial charge < -0.3 is 14.9 Å². The van der Waals surface area contributed by atoms with Crippen molar-refractivity contribution in [3.05, 3.63) is 59.3 Å². The van der Waals surface area contributed by atoms with Crippen molar-refractivity contribution in [2.24, 2.45) is 5.14 Å². The molecular formula is C24H28FN5O5S. The van der Waals surface area contributed by atoms with Crippen LogP contribution in [0.15, 0.2) is 41.7 Å². The fourth-order valence-corrected chi connectivity index (χ4v) is 4.26. The molecule has 0 bridgehead atoms. The average Bonchev–Trinajstić information content (AvgIpc) is 3.30. The Hall–Kier alpha value is -3.37.